The topological polar surface area (TPSA) is 27.7 Å². The van der Waals surface area contributed by atoms with Crippen LogP contribution in [0.5, 0.6) is 0 Å². The van der Waals surface area contributed by atoms with Crippen molar-refractivity contribution in [1.82, 2.24) is 0 Å². The first-order valence-corrected chi connectivity index (χ1v) is 6.38. The highest BCUT2D eigenvalue weighted by Crippen LogP contribution is 2.15. The summed E-state index contributed by atoms with van der Waals surface area (Å²) in [6.45, 7) is 10.5. The van der Waals surface area contributed by atoms with E-state index in [0.717, 1.165) is 13.0 Å². The monoisotopic (exact) mass is 232 g/mol. The van der Waals surface area contributed by atoms with E-state index in [2.05, 4.69) is 20.8 Å². The second-order valence-electron chi connectivity index (χ2n) is 4.30. The molecule has 98 valence electrons. The molecule has 0 N–H and O–H groups in total. The van der Waals surface area contributed by atoms with Crippen LogP contribution < -0.4 is 0 Å². The smallest absolute Gasteiger partial charge is 0.164 e. The summed E-state index contributed by atoms with van der Waals surface area (Å²) in [6, 6.07) is 0. The Kier molecular flexibility index (Phi) is 8.90. The molecule has 0 fully saturated rings. The van der Waals surface area contributed by atoms with Gasteiger partial charge in [-0.05, 0) is 19.3 Å². The Morgan fingerprint density at radius 2 is 1.69 bits per heavy atom. The zero-order valence-electron chi connectivity index (χ0n) is 11.5. The fourth-order valence-corrected chi connectivity index (χ4v) is 1.40. The van der Waals surface area contributed by atoms with Gasteiger partial charge in [0.25, 0.3) is 0 Å². The second-order valence-corrected chi connectivity index (χ2v) is 4.30. The van der Waals surface area contributed by atoms with Crippen molar-refractivity contribution in [2.45, 2.75) is 52.7 Å². The van der Waals surface area contributed by atoms with Gasteiger partial charge in [0.05, 0.1) is 13.2 Å². The maximum Gasteiger partial charge on any atom is 0.164 e. The largest absolute Gasteiger partial charge is 0.379 e. The van der Waals surface area contributed by atoms with Crippen molar-refractivity contribution < 1.29 is 14.2 Å². The molecule has 0 saturated carbocycles. The van der Waals surface area contributed by atoms with Crippen LogP contribution in [0.3, 0.4) is 0 Å². The van der Waals surface area contributed by atoms with Crippen molar-refractivity contribution in [3.63, 3.8) is 0 Å². The summed E-state index contributed by atoms with van der Waals surface area (Å²) in [5, 5.41) is 0. The predicted molar refractivity (Wildman–Crippen MR) is 66.5 cm³/mol. The average molecular weight is 232 g/mol. The minimum absolute atomic E-state index is 0.460. The maximum atomic E-state index is 5.63. The summed E-state index contributed by atoms with van der Waals surface area (Å²) >= 11 is 0. The number of rotatable bonds is 10. The van der Waals surface area contributed by atoms with Gasteiger partial charge in [0.15, 0.2) is 5.79 Å². The molecule has 0 heterocycles. The molecule has 1 atom stereocenters. The lowest BCUT2D eigenvalue weighted by Gasteiger charge is -2.26. The van der Waals surface area contributed by atoms with E-state index in [1.54, 1.807) is 7.11 Å². The molecule has 0 spiro atoms. The van der Waals surface area contributed by atoms with Gasteiger partial charge in [-0.1, -0.05) is 33.6 Å². The molecule has 0 aromatic carbocycles. The summed E-state index contributed by atoms with van der Waals surface area (Å²) in [6.07, 6.45) is 3.21. The van der Waals surface area contributed by atoms with Gasteiger partial charge in [-0.25, -0.2) is 0 Å². The summed E-state index contributed by atoms with van der Waals surface area (Å²) in [7, 11) is 1.68. The van der Waals surface area contributed by atoms with E-state index >= 15 is 0 Å². The number of hydrogen-bond acceptors (Lipinski definition) is 3. The molecule has 0 saturated heterocycles. The van der Waals surface area contributed by atoms with Crippen LogP contribution in [-0.4, -0.2) is 32.7 Å². The quantitative estimate of drug-likeness (QED) is 0.427. The number of hydrogen-bond donors (Lipinski definition) is 0. The third-order valence-electron chi connectivity index (χ3n) is 3.22. The normalized spacial score (nSPS) is 15.4. The molecule has 0 aromatic heterocycles. The highest BCUT2D eigenvalue weighted by Gasteiger charge is 2.20. The van der Waals surface area contributed by atoms with Crippen molar-refractivity contribution in [2.24, 2.45) is 5.92 Å². The summed E-state index contributed by atoms with van der Waals surface area (Å²) in [5.74, 6) is 0.220. The van der Waals surface area contributed by atoms with Gasteiger partial charge < -0.3 is 14.2 Å². The van der Waals surface area contributed by atoms with Gasteiger partial charge in [0.1, 0.15) is 0 Å². The van der Waals surface area contributed by atoms with Crippen LogP contribution in [0.25, 0.3) is 0 Å². The second kappa shape index (κ2) is 8.97. The van der Waals surface area contributed by atoms with E-state index in [9.17, 15) is 0 Å². The molecule has 3 heteroatoms. The van der Waals surface area contributed by atoms with E-state index < -0.39 is 5.79 Å². The lowest BCUT2D eigenvalue weighted by Crippen LogP contribution is -2.31. The fourth-order valence-electron chi connectivity index (χ4n) is 1.40. The third kappa shape index (κ3) is 6.46. The molecular formula is C13H28O3. The van der Waals surface area contributed by atoms with Crippen molar-refractivity contribution in [3.05, 3.63) is 0 Å². The zero-order chi connectivity index (χ0) is 12.4. The molecule has 3 nitrogen and oxygen atoms in total. The Hall–Kier alpha value is -0.120. The van der Waals surface area contributed by atoms with Crippen molar-refractivity contribution in [3.8, 4) is 0 Å². The van der Waals surface area contributed by atoms with Crippen LogP contribution in [0.15, 0.2) is 0 Å². The Labute approximate surface area is 100 Å². The van der Waals surface area contributed by atoms with E-state index in [0.29, 0.717) is 19.1 Å². The van der Waals surface area contributed by atoms with Gasteiger partial charge in [0.2, 0.25) is 0 Å². The van der Waals surface area contributed by atoms with E-state index in [1.807, 2.05) is 6.92 Å². The molecular weight excluding hydrogens is 204 g/mol. The summed E-state index contributed by atoms with van der Waals surface area (Å²) in [5.41, 5.74) is 0. The van der Waals surface area contributed by atoms with Crippen LogP contribution >= 0.6 is 0 Å². The standard InChI is InChI=1S/C13H28O3/c1-6-12(7-2)11-15-9-10-16-13(4,8-3)14-5/h12H,6-11H2,1-5H3. The van der Waals surface area contributed by atoms with E-state index in [4.69, 9.17) is 14.2 Å². The van der Waals surface area contributed by atoms with Gasteiger partial charge in [0, 0.05) is 13.7 Å². The van der Waals surface area contributed by atoms with Gasteiger partial charge in [-0.3, -0.25) is 0 Å². The predicted octanol–water partition coefficient (Wildman–Crippen LogP) is 3.23. The molecule has 0 aromatic rings. The molecule has 1 unspecified atom stereocenters. The van der Waals surface area contributed by atoms with Crippen LogP contribution in [0.1, 0.15) is 47.0 Å². The van der Waals surface area contributed by atoms with Crippen LogP contribution in [0.4, 0.5) is 0 Å². The molecule has 0 aliphatic heterocycles. The molecule has 16 heavy (non-hydrogen) atoms. The molecule has 0 bridgehead atoms. The van der Waals surface area contributed by atoms with Gasteiger partial charge in [-0.15, -0.1) is 0 Å². The third-order valence-corrected chi connectivity index (χ3v) is 3.22. The minimum atomic E-state index is -0.460. The average Bonchev–Trinajstić information content (AvgIpc) is 2.33. The summed E-state index contributed by atoms with van der Waals surface area (Å²) in [4.78, 5) is 0. The molecule has 0 aliphatic carbocycles. The Morgan fingerprint density at radius 1 is 1.06 bits per heavy atom. The summed E-state index contributed by atoms with van der Waals surface area (Å²) < 4.78 is 16.5. The maximum absolute atomic E-state index is 5.63. The Balaban J connectivity index is 3.52. The van der Waals surface area contributed by atoms with Crippen LogP contribution in [0, 0.1) is 5.92 Å². The molecule has 0 rings (SSSR count). The van der Waals surface area contributed by atoms with Gasteiger partial charge in [-0.2, -0.15) is 0 Å². The van der Waals surface area contributed by atoms with Crippen molar-refractivity contribution in [2.75, 3.05) is 26.9 Å². The molecule has 0 amide bonds. The molecule has 0 radical (unpaired) electrons. The Morgan fingerprint density at radius 3 is 2.12 bits per heavy atom. The number of methoxy groups -OCH3 is 1. The van der Waals surface area contributed by atoms with Crippen LogP contribution in [-0.2, 0) is 14.2 Å². The lowest BCUT2D eigenvalue weighted by atomic mass is 10.1. The van der Waals surface area contributed by atoms with Crippen molar-refractivity contribution >= 4 is 0 Å². The van der Waals surface area contributed by atoms with Gasteiger partial charge >= 0.3 is 0 Å². The van der Waals surface area contributed by atoms with E-state index in [1.165, 1.54) is 12.8 Å². The molecule has 0 aliphatic rings. The Bertz CT molecular complexity index is 151. The first-order valence-electron chi connectivity index (χ1n) is 6.38. The van der Waals surface area contributed by atoms with E-state index in [-0.39, 0.29) is 0 Å². The lowest BCUT2D eigenvalue weighted by molar-refractivity contribution is -0.217. The minimum Gasteiger partial charge on any atom is -0.379 e. The van der Waals surface area contributed by atoms with Crippen molar-refractivity contribution in [1.29, 1.82) is 0 Å². The first-order chi connectivity index (χ1) is 7.61. The first kappa shape index (κ1) is 15.9. The fraction of sp³-hybridized carbons (Fsp3) is 1.00. The number of ether oxygens (including phenoxy) is 3. The highest BCUT2D eigenvalue weighted by atomic mass is 16.7. The highest BCUT2D eigenvalue weighted by molar-refractivity contribution is 4.58. The zero-order valence-corrected chi connectivity index (χ0v) is 11.5. The van der Waals surface area contributed by atoms with Crippen LogP contribution in [0.2, 0.25) is 0 Å². The SMILES string of the molecule is CCC(CC)COCCOC(C)(CC)OC.